The van der Waals surface area contributed by atoms with E-state index in [2.05, 4.69) is 4.98 Å². The van der Waals surface area contributed by atoms with Crippen molar-refractivity contribution < 1.29 is 10.0 Å². The number of anilines is 1. The van der Waals surface area contributed by atoms with E-state index in [1.165, 1.54) is 0 Å². The van der Waals surface area contributed by atoms with Crippen molar-refractivity contribution in [1.29, 1.82) is 0 Å². The normalized spacial score (nSPS) is 10.6. The van der Waals surface area contributed by atoms with E-state index in [-0.39, 0.29) is 0 Å². The number of carbonyl (C=O) groups is 1. The van der Waals surface area contributed by atoms with Crippen molar-refractivity contribution in [3.63, 3.8) is 0 Å². The molecule has 0 aliphatic carbocycles. The zero-order chi connectivity index (χ0) is 15.5. The van der Waals surface area contributed by atoms with Crippen LogP contribution in [0.1, 0.15) is 15.9 Å². The van der Waals surface area contributed by atoms with Crippen molar-refractivity contribution in [3.05, 3.63) is 71.9 Å². The number of hydrogen-bond acceptors (Lipinski definition) is 4. The summed E-state index contributed by atoms with van der Waals surface area (Å²) in [5, 5.41) is 12.4. The van der Waals surface area contributed by atoms with Gasteiger partial charge < -0.3 is 5.73 Å². The van der Waals surface area contributed by atoms with E-state index >= 15 is 0 Å². The molecule has 1 heterocycles. The number of benzene rings is 2. The van der Waals surface area contributed by atoms with Gasteiger partial charge in [0.2, 0.25) is 5.91 Å². The molecule has 110 valence electrons. The Kier molecular flexibility index (Phi) is 3.72. The molecule has 1 amide bonds. The maximum absolute atomic E-state index is 11.1. The maximum Gasteiger partial charge on any atom is 0.248 e. The van der Waals surface area contributed by atoms with Gasteiger partial charge in [-0.25, -0.2) is 0 Å². The number of nitrogens with two attached hydrogens (primary N) is 1. The van der Waals surface area contributed by atoms with Crippen LogP contribution >= 0.6 is 0 Å². The Morgan fingerprint density at radius 2 is 1.82 bits per heavy atom. The number of hydrogen-bond donors (Lipinski definition) is 2. The van der Waals surface area contributed by atoms with Crippen LogP contribution in [0.15, 0.2) is 60.8 Å². The highest BCUT2D eigenvalue weighted by atomic mass is 16.5. The monoisotopic (exact) mass is 293 g/mol. The minimum Gasteiger partial charge on any atom is -0.366 e. The fraction of sp³-hybridized carbons (Fsp3) is 0.0588. The standard InChI is InChI=1S/C17H15N3O2/c18-17(21)13-6-8-15(9-7-13)20(22)11-14-4-1-3-12-5-2-10-19-16(12)14/h1-10,22H,11H2,(H2,18,21). The predicted octanol–water partition coefficient (Wildman–Crippen LogP) is 2.73. The molecule has 0 spiro atoms. The lowest BCUT2D eigenvalue weighted by molar-refractivity contribution is 0.1000. The van der Waals surface area contributed by atoms with Gasteiger partial charge in [0.25, 0.3) is 0 Å². The summed E-state index contributed by atoms with van der Waals surface area (Å²) in [5.41, 5.74) is 7.97. The molecule has 0 unspecified atom stereocenters. The van der Waals surface area contributed by atoms with Crippen LogP contribution in [0.4, 0.5) is 5.69 Å². The van der Waals surface area contributed by atoms with Gasteiger partial charge in [-0.05, 0) is 30.3 Å². The maximum atomic E-state index is 11.1. The predicted molar refractivity (Wildman–Crippen MR) is 84.7 cm³/mol. The van der Waals surface area contributed by atoms with Gasteiger partial charge in [-0.15, -0.1) is 0 Å². The second-order valence-corrected chi connectivity index (χ2v) is 4.96. The number of pyridine rings is 1. The minimum atomic E-state index is -0.491. The molecule has 3 rings (SSSR count). The van der Waals surface area contributed by atoms with E-state index in [4.69, 9.17) is 5.73 Å². The minimum absolute atomic E-state index is 0.296. The topological polar surface area (TPSA) is 79.5 Å². The highest BCUT2D eigenvalue weighted by Crippen LogP contribution is 2.20. The van der Waals surface area contributed by atoms with E-state index in [0.29, 0.717) is 17.8 Å². The van der Waals surface area contributed by atoms with Crippen LogP contribution < -0.4 is 10.8 Å². The molecule has 5 nitrogen and oxygen atoms in total. The lowest BCUT2D eigenvalue weighted by Gasteiger charge is -2.18. The SMILES string of the molecule is NC(=O)c1ccc(N(O)Cc2cccc3cccnc23)cc1. The molecule has 0 saturated heterocycles. The molecule has 0 atom stereocenters. The molecule has 5 heteroatoms. The van der Waals surface area contributed by atoms with Gasteiger partial charge in [-0.3, -0.25) is 20.0 Å². The van der Waals surface area contributed by atoms with E-state index in [0.717, 1.165) is 21.5 Å². The second-order valence-electron chi connectivity index (χ2n) is 4.96. The highest BCUT2D eigenvalue weighted by molar-refractivity contribution is 5.93. The zero-order valence-electron chi connectivity index (χ0n) is 11.8. The third-order valence-corrected chi connectivity index (χ3v) is 3.49. The first kappa shape index (κ1) is 14.0. The van der Waals surface area contributed by atoms with E-state index < -0.39 is 5.91 Å². The molecule has 1 aromatic heterocycles. The van der Waals surface area contributed by atoms with Gasteiger partial charge in [0, 0.05) is 22.7 Å². The number of fused-ring (bicyclic) bond motifs is 1. The molecule has 3 N–H and O–H groups in total. The third kappa shape index (κ3) is 2.75. The average Bonchev–Trinajstić information content (AvgIpc) is 2.55. The van der Waals surface area contributed by atoms with Gasteiger partial charge in [-0.2, -0.15) is 0 Å². The molecule has 2 aromatic carbocycles. The number of nitrogens with zero attached hydrogens (tertiary/aromatic N) is 2. The van der Waals surface area contributed by atoms with Crippen LogP contribution in [0, 0.1) is 0 Å². The quantitative estimate of drug-likeness (QED) is 0.725. The fourth-order valence-corrected chi connectivity index (χ4v) is 2.35. The van der Waals surface area contributed by atoms with E-state index in [9.17, 15) is 10.0 Å². The molecule has 0 saturated carbocycles. The van der Waals surface area contributed by atoms with Crippen LogP contribution in [-0.4, -0.2) is 16.1 Å². The van der Waals surface area contributed by atoms with Crippen LogP contribution in [-0.2, 0) is 6.54 Å². The fourth-order valence-electron chi connectivity index (χ4n) is 2.35. The van der Waals surface area contributed by atoms with Crippen LogP contribution in [0.25, 0.3) is 10.9 Å². The van der Waals surface area contributed by atoms with Crippen molar-refractivity contribution in [3.8, 4) is 0 Å². The molecular weight excluding hydrogens is 278 g/mol. The molecule has 3 aromatic rings. The Bertz CT molecular complexity index is 810. The molecule has 0 bridgehead atoms. The largest absolute Gasteiger partial charge is 0.366 e. The Hall–Kier alpha value is -2.92. The first-order valence-electron chi connectivity index (χ1n) is 6.84. The van der Waals surface area contributed by atoms with Gasteiger partial charge in [0.15, 0.2) is 0 Å². The molecule has 0 radical (unpaired) electrons. The summed E-state index contributed by atoms with van der Waals surface area (Å²) < 4.78 is 0. The second kappa shape index (κ2) is 5.83. The smallest absolute Gasteiger partial charge is 0.248 e. The van der Waals surface area contributed by atoms with Crippen molar-refractivity contribution >= 4 is 22.5 Å². The van der Waals surface area contributed by atoms with Gasteiger partial charge in [0.05, 0.1) is 17.7 Å². The summed E-state index contributed by atoms with van der Waals surface area (Å²) in [4.78, 5) is 15.4. The Morgan fingerprint density at radius 1 is 1.09 bits per heavy atom. The van der Waals surface area contributed by atoms with Crippen molar-refractivity contribution in [2.75, 3.05) is 5.06 Å². The Balaban J connectivity index is 1.86. The van der Waals surface area contributed by atoms with Crippen molar-refractivity contribution in [2.24, 2.45) is 5.73 Å². The van der Waals surface area contributed by atoms with Crippen LogP contribution in [0.5, 0.6) is 0 Å². The number of carbonyl (C=O) groups excluding carboxylic acids is 1. The average molecular weight is 293 g/mol. The summed E-state index contributed by atoms with van der Waals surface area (Å²) in [7, 11) is 0. The zero-order valence-corrected chi connectivity index (χ0v) is 11.8. The number of aromatic nitrogens is 1. The first-order valence-corrected chi connectivity index (χ1v) is 6.84. The number of hydroxylamine groups is 1. The molecule has 22 heavy (non-hydrogen) atoms. The van der Waals surface area contributed by atoms with Crippen molar-refractivity contribution in [2.45, 2.75) is 6.54 Å². The highest BCUT2D eigenvalue weighted by Gasteiger charge is 2.09. The molecule has 0 aliphatic heterocycles. The van der Waals surface area contributed by atoms with Crippen LogP contribution in [0.2, 0.25) is 0 Å². The van der Waals surface area contributed by atoms with Gasteiger partial charge >= 0.3 is 0 Å². The van der Waals surface area contributed by atoms with E-state index in [1.54, 1.807) is 30.5 Å². The summed E-state index contributed by atoms with van der Waals surface area (Å²) in [5.74, 6) is -0.491. The Labute approximate surface area is 127 Å². The van der Waals surface area contributed by atoms with Gasteiger partial charge in [0.1, 0.15) is 0 Å². The van der Waals surface area contributed by atoms with E-state index in [1.807, 2.05) is 30.3 Å². The van der Waals surface area contributed by atoms with Crippen LogP contribution in [0.3, 0.4) is 0 Å². The number of primary amides is 1. The summed E-state index contributed by atoms with van der Waals surface area (Å²) in [6.45, 7) is 0.296. The molecule has 0 aliphatic rings. The summed E-state index contributed by atoms with van der Waals surface area (Å²) in [6.07, 6.45) is 1.73. The molecular formula is C17H15N3O2. The number of rotatable bonds is 4. The third-order valence-electron chi connectivity index (χ3n) is 3.49. The summed E-state index contributed by atoms with van der Waals surface area (Å²) in [6, 6.07) is 16.2. The first-order chi connectivity index (χ1) is 10.6. The Morgan fingerprint density at radius 3 is 2.55 bits per heavy atom. The lowest BCUT2D eigenvalue weighted by Crippen LogP contribution is -2.18. The summed E-state index contributed by atoms with van der Waals surface area (Å²) >= 11 is 0. The van der Waals surface area contributed by atoms with Gasteiger partial charge in [-0.1, -0.05) is 24.3 Å². The number of para-hydroxylation sites is 1. The lowest BCUT2D eigenvalue weighted by atomic mass is 10.1. The molecule has 0 fully saturated rings. The van der Waals surface area contributed by atoms with Crippen molar-refractivity contribution in [1.82, 2.24) is 4.98 Å². The number of amides is 1.